The summed E-state index contributed by atoms with van der Waals surface area (Å²) in [6.07, 6.45) is -3.38. The Morgan fingerprint density at radius 3 is 2.26 bits per heavy atom. The van der Waals surface area contributed by atoms with Crippen molar-refractivity contribution >= 4 is 34.5 Å². The molecule has 0 aliphatic heterocycles. The SMILES string of the molecule is NC(c1cnc(C(F)(F)F)s1)c1c(Cl)cccc1Cl. The minimum atomic E-state index is -4.48. The molecule has 2 rings (SSSR count). The number of nitrogens with two attached hydrogens (primary N) is 1. The van der Waals surface area contributed by atoms with E-state index in [0.717, 1.165) is 6.20 Å². The molecule has 19 heavy (non-hydrogen) atoms. The van der Waals surface area contributed by atoms with Crippen molar-refractivity contribution < 1.29 is 13.2 Å². The van der Waals surface area contributed by atoms with Crippen LogP contribution in [-0.4, -0.2) is 4.98 Å². The summed E-state index contributed by atoms with van der Waals surface area (Å²) < 4.78 is 37.4. The van der Waals surface area contributed by atoms with Crippen molar-refractivity contribution in [2.75, 3.05) is 0 Å². The Balaban J connectivity index is 2.40. The van der Waals surface area contributed by atoms with Gasteiger partial charge < -0.3 is 5.73 Å². The number of hydrogen-bond donors (Lipinski definition) is 1. The van der Waals surface area contributed by atoms with Gasteiger partial charge in [0, 0.05) is 26.7 Å². The monoisotopic (exact) mass is 326 g/mol. The van der Waals surface area contributed by atoms with E-state index in [1.165, 1.54) is 0 Å². The summed E-state index contributed by atoms with van der Waals surface area (Å²) in [4.78, 5) is 3.57. The van der Waals surface area contributed by atoms with E-state index in [4.69, 9.17) is 28.9 Å². The van der Waals surface area contributed by atoms with Crippen LogP contribution in [0.4, 0.5) is 13.2 Å². The molecule has 1 unspecified atom stereocenters. The summed E-state index contributed by atoms with van der Waals surface area (Å²) in [7, 11) is 0. The van der Waals surface area contributed by atoms with Crippen molar-refractivity contribution in [2.45, 2.75) is 12.2 Å². The maximum atomic E-state index is 12.5. The molecule has 0 saturated carbocycles. The van der Waals surface area contributed by atoms with Crippen LogP contribution in [0.2, 0.25) is 10.0 Å². The van der Waals surface area contributed by atoms with Gasteiger partial charge in [-0.05, 0) is 12.1 Å². The highest BCUT2D eigenvalue weighted by molar-refractivity contribution is 7.11. The van der Waals surface area contributed by atoms with Gasteiger partial charge in [-0.2, -0.15) is 13.2 Å². The molecule has 0 fully saturated rings. The first kappa shape index (κ1) is 14.6. The minimum Gasteiger partial charge on any atom is -0.319 e. The third-order valence-electron chi connectivity index (χ3n) is 2.38. The summed E-state index contributed by atoms with van der Waals surface area (Å²) in [5.74, 6) is 0. The molecule has 0 amide bonds. The molecule has 1 atom stereocenters. The standard InChI is InChI=1S/C11H7Cl2F3N2S/c12-5-2-1-3-6(13)8(5)9(17)7-4-18-10(19-7)11(14,15)16/h1-4,9H,17H2. The molecular weight excluding hydrogens is 320 g/mol. The van der Waals surface area contributed by atoms with Gasteiger partial charge in [0.05, 0.1) is 6.04 Å². The van der Waals surface area contributed by atoms with Crippen LogP contribution in [0, 0.1) is 0 Å². The average molecular weight is 327 g/mol. The lowest BCUT2D eigenvalue weighted by Crippen LogP contribution is -2.11. The van der Waals surface area contributed by atoms with E-state index in [-0.39, 0.29) is 4.88 Å². The van der Waals surface area contributed by atoms with E-state index in [9.17, 15) is 13.2 Å². The van der Waals surface area contributed by atoms with Crippen LogP contribution in [0.15, 0.2) is 24.4 Å². The van der Waals surface area contributed by atoms with E-state index in [1.54, 1.807) is 18.2 Å². The molecule has 2 aromatic rings. The zero-order valence-electron chi connectivity index (χ0n) is 9.21. The molecule has 8 heteroatoms. The Morgan fingerprint density at radius 1 is 1.21 bits per heavy atom. The van der Waals surface area contributed by atoms with E-state index in [1.807, 2.05) is 0 Å². The molecule has 0 radical (unpaired) electrons. The molecule has 1 heterocycles. The summed E-state index contributed by atoms with van der Waals surface area (Å²) >= 11 is 12.4. The Kier molecular flexibility index (Phi) is 4.06. The van der Waals surface area contributed by atoms with Crippen LogP contribution < -0.4 is 5.73 Å². The van der Waals surface area contributed by atoms with Gasteiger partial charge in [0.1, 0.15) is 0 Å². The first-order valence-corrected chi connectivity index (χ1v) is 6.60. The van der Waals surface area contributed by atoms with Crippen molar-refractivity contribution in [1.82, 2.24) is 4.98 Å². The molecule has 2 nitrogen and oxygen atoms in total. The maximum Gasteiger partial charge on any atom is 0.443 e. The molecule has 0 bridgehead atoms. The zero-order chi connectivity index (χ0) is 14.2. The van der Waals surface area contributed by atoms with Gasteiger partial charge in [0.25, 0.3) is 0 Å². The number of hydrogen-bond acceptors (Lipinski definition) is 3. The van der Waals surface area contributed by atoms with Gasteiger partial charge in [-0.1, -0.05) is 29.3 Å². The third kappa shape index (κ3) is 3.02. The number of rotatable bonds is 2. The summed E-state index contributed by atoms with van der Waals surface area (Å²) in [5, 5.41) is -0.329. The second-order valence-electron chi connectivity index (χ2n) is 3.68. The summed E-state index contributed by atoms with van der Waals surface area (Å²) in [5.41, 5.74) is 6.30. The molecule has 1 aromatic heterocycles. The van der Waals surface area contributed by atoms with Crippen LogP contribution >= 0.6 is 34.5 Å². The normalized spacial score (nSPS) is 13.6. The molecule has 0 aliphatic rings. The maximum absolute atomic E-state index is 12.5. The van der Waals surface area contributed by atoms with E-state index < -0.39 is 17.2 Å². The van der Waals surface area contributed by atoms with Gasteiger partial charge in [0.2, 0.25) is 0 Å². The predicted octanol–water partition coefficient (Wildman–Crippen LogP) is 4.52. The van der Waals surface area contributed by atoms with Crippen molar-refractivity contribution in [2.24, 2.45) is 5.73 Å². The van der Waals surface area contributed by atoms with E-state index >= 15 is 0 Å². The molecule has 0 spiro atoms. The minimum absolute atomic E-state index is 0.252. The number of benzene rings is 1. The molecular formula is C11H7Cl2F3N2S. The first-order valence-electron chi connectivity index (χ1n) is 5.03. The molecule has 102 valence electrons. The second kappa shape index (κ2) is 5.28. The van der Waals surface area contributed by atoms with E-state index in [2.05, 4.69) is 4.98 Å². The topological polar surface area (TPSA) is 38.9 Å². The fourth-order valence-corrected chi connectivity index (χ4v) is 2.94. The number of alkyl halides is 3. The van der Waals surface area contributed by atoms with Gasteiger partial charge in [-0.15, -0.1) is 11.3 Å². The lowest BCUT2D eigenvalue weighted by Gasteiger charge is -2.13. The Hall–Kier alpha value is -0.820. The van der Waals surface area contributed by atoms with Gasteiger partial charge in [0.15, 0.2) is 5.01 Å². The van der Waals surface area contributed by atoms with Crippen LogP contribution in [0.25, 0.3) is 0 Å². The third-order valence-corrected chi connectivity index (χ3v) is 4.17. The smallest absolute Gasteiger partial charge is 0.319 e. The van der Waals surface area contributed by atoms with E-state index in [0.29, 0.717) is 26.9 Å². The summed E-state index contributed by atoms with van der Waals surface area (Å²) in [6, 6.07) is 3.95. The quantitative estimate of drug-likeness (QED) is 0.881. The number of aromatic nitrogens is 1. The second-order valence-corrected chi connectivity index (χ2v) is 5.56. The first-order chi connectivity index (χ1) is 8.80. The highest BCUT2D eigenvalue weighted by atomic mass is 35.5. The average Bonchev–Trinajstić information content (AvgIpc) is 2.77. The molecule has 2 N–H and O–H groups in total. The fourth-order valence-electron chi connectivity index (χ4n) is 1.51. The van der Waals surface area contributed by atoms with Gasteiger partial charge in [-0.3, -0.25) is 0 Å². The number of nitrogens with zero attached hydrogens (tertiary/aromatic N) is 1. The fraction of sp³-hybridized carbons (Fsp3) is 0.182. The van der Waals surface area contributed by atoms with Crippen LogP contribution in [-0.2, 0) is 6.18 Å². The Morgan fingerprint density at radius 2 is 1.79 bits per heavy atom. The zero-order valence-corrected chi connectivity index (χ0v) is 11.5. The van der Waals surface area contributed by atoms with Gasteiger partial charge in [-0.25, -0.2) is 4.98 Å². The molecule has 1 aromatic carbocycles. The van der Waals surface area contributed by atoms with Crippen molar-refractivity contribution in [3.8, 4) is 0 Å². The van der Waals surface area contributed by atoms with Crippen LogP contribution in [0.5, 0.6) is 0 Å². The van der Waals surface area contributed by atoms with Crippen molar-refractivity contribution in [3.63, 3.8) is 0 Å². The highest BCUT2D eigenvalue weighted by Gasteiger charge is 2.35. The van der Waals surface area contributed by atoms with Crippen LogP contribution in [0.3, 0.4) is 0 Å². The number of thiazole rings is 1. The summed E-state index contributed by atoms with van der Waals surface area (Å²) in [6.45, 7) is 0. The molecule has 0 aliphatic carbocycles. The lowest BCUT2D eigenvalue weighted by atomic mass is 10.1. The van der Waals surface area contributed by atoms with Crippen molar-refractivity contribution in [3.05, 3.63) is 49.9 Å². The van der Waals surface area contributed by atoms with Gasteiger partial charge >= 0.3 is 6.18 Å². The Bertz CT molecular complexity index is 578. The Labute approximate surface area is 121 Å². The lowest BCUT2D eigenvalue weighted by molar-refractivity contribution is -0.137. The predicted molar refractivity (Wildman–Crippen MR) is 69.6 cm³/mol. The number of halogens is 5. The largest absolute Gasteiger partial charge is 0.443 e. The highest BCUT2D eigenvalue weighted by Crippen LogP contribution is 2.38. The molecule has 0 saturated heterocycles. The van der Waals surface area contributed by atoms with Crippen LogP contribution in [0.1, 0.15) is 21.5 Å². The van der Waals surface area contributed by atoms with Crippen molar-refractivity contribution in [1.29, 1.82) is 0 Å².